The minimum Gasteiger partial charge on any atom is -0.491 e. The highest BCUT2D eigenvalue weighted by Crippen LogP contribution is 2.28. The average Bonchev–Trinajstić information content (AvgIpc) is 2.51. The molecule has 0 aliphatic carbocycles. The molecule has 0 aromatic heterocycles. The van der Waals surface area contributed by atoms with Gasteiger partial charge in [-0.2, -0.15) is 4.39 Å². The summed E-state index contributed by atoms with van der Waals surface area (Å²) in [5, 5.41) is 2.70. The van der Waals surface area contributed by atoms with Gasteiger partial charge >= 0.3 is 5.97 Å². The first kappa shape index (κ1) is 19.5. The number of ether oxygens (including phenoxy) is 2. The van der Waals surface area contributed by atoms with Crippen LogP contribution in [-0.4, -0.2) is 31.5 Å². The van der Waals surface area contributed by atoms with Crippen molar-refractivity contribution in [3.05, 3.63) is 40.9 Å². The number of benzene rings is 1. The molecule has 0 bridgehead atoms. The average molecular weight is 345 g/mol. The van der Waals surface area contributed by atoms with Crippen LogP contribution in [0.4, 0.5) is 13.2 Å². The molecule has 0 aliphatic rings. The molecular weight excluding hydrogens is 327 g/mol. The second-order valence-electron chi connectivity index (χ2n) is 5.00. The molecule has 0 heterocycles. The fourth-order valence-electron chi connectivity index (χ4n) is 1.75. The molecule has 0 amide bonds. The van der Waals surface area contributed by atoms with E-state index in [1.807, 2.05) is 0 Å². The van der Waals surface area contributed by atoms with E-state index < -0.39 is 46.1 Å². The Balaban J connectivity index is 3.41. The maximum absolute atomic E-state index is 14.2. The van der Waals surface area contributed by atoms with Crippen molar-refractivity contribution in [1.29, 1.82) is 0 Å². The molecule has 0 saturated heterocycles. The maximum Gasteiger partial charge on any atom is 0.343 e. The lowest BCUT2D eigenvalue weighted by Crippen LogP contribution is -2.23. The zero-order valence-electron chi connectivity index (χ0n) is 13.7. The zero-order valence-corrected chi connectivity index (χ0v) is 13.7. The number of nitrogens with one attached hydrogen (secondary N) is 1. The molecule has 0 radical (unpaired) electrons. The Kier molecular flexibility index (Phi) is 6.82. The SMILES string of the molecule is CCOC(=O)C(=CNC(C)C)C(=O)c1cc(F)c(F)c(OC)c1F. The van der Waals surface area contributed by atoms with Crippen LogP contribution in [0.15, 0.2) is 17.8 Å². The lowest BCUT2D eigenvalue weighted by atomic mass is 10.0. The van der Waals surface area contributed by atoms with E-state index in [0.29, 0.717) is 6.07 Å². The molecule has 0 saturated carbocycles. The van der Waals surface area contributed by atoms with Gasteiger partial charge in [0.05, 0.1) is 19.3 Å². The van der Waals surface area contributed by atoms with Gasteiger partial charge in [-0.25, -0.2) is 13.6 Å². The smallest absolute Gasteiger partial charge is 0.343 e. The third-order valence-corrected chi connectivity index (χ3v) is 2.87. The summed E-state index contributed by atoms with van der Waals surface area (Å²) >= 11 is 0. The first-order valence-electron chi connectivity index (χ1n) is 7.14. The Hall–Kier alpha value is -2.51. The van der Waals surface area contributed by atoms with Crippen molar-refractivity contribution in [1.82, 2.24) is 5.32 Å². The Morgan fingerprint density at radius 2 is 1.88 bits per heavy atom. The molecule has 0 aliphatic heterocycles. The molecule has 1 aromatic rings. The summed E-state index contributed by atoms with van der Waals surface area (Å²) in [5.74, 6) is -7.65. The molecule has 0 spiro atoms. The lowest BCUT2D eigenvalue weighted by Gasteiger charge is -2.12. The molecule has 1 N–H and O–H groups in total. The van der Waals surface area contributed by atoms with Gasteiger partial charge in [-0.05, 0) is 26.8 Å². The quantitative estimate of drug-likeness (QED) is 0.206. The molecule has 1 rings (SSSR count). The van der Waals surface area contributed by atoms with Gasteiger partial charge in [0.2, 0.25) is 11.6 Å². The van der Waals surface area contributed by atoms with Gasteiger partial charge in [-0.15, -0.1) is 0 Å². The van der Waals surface area contributed by atoms with Crippen LogP contribution < -0.4 is 10.1 Å². The summed E-state index contributed by atoms with van der Waals surface area (Å²) in [7, 11) is 0.928. The van der Waals surface area contributed by atoms with Crippen molar-refractivity contribution in [2.45, 2.75) is 26.8 Å². The number of carbonyl (C=O) groups excluding carboxylic acids is 2. The number of ketones is 1. The Morgan fingerprint density at radius 3 is 2.38 bits per heavy atom. The summed E-state index contributed by atoms with van der Waals surface area (Å²) in [4.78, 5) is 24.3. The lowest BCUT2D eigenvalue weighted by molar-refractivity contribution is -0.138. The molecule has 24 heavy (non-hydrogen) atoms. The number of rotatable bonds is 7. The fourth-order valence-corrected chi connectivity index (χ4v) is 1.75. The molecule has 1 aromatic carbocycles. The van der Waals surface area contributed by atoms with Crippen LogP contribution in [0.1, 0.15) is 31.1 Å². The standard InChI is InChI=1S/C16H18F3NO4/c1-5-24-16(22)10(7-20-8(2)3)14(21)9-6-11(17)13(19)15(23-4)12(9)18/h6-8,20H,5H2,1-4H3. The molecule has 5 nitrogen and oxygen atoms in total. The van der Waals surface area contributed by atoms with Gasteiger partial charge in [-0.1, -0.05) is 0 Å². The summed E-state index contributed by atoms with van der Waals surface area (Å²) in [5.41, 5.74) is -1.38. The molecule has 8 heteroatoms. The predicted molar refractivity (Wildman–Crippen MR) is 80.2 cm³/mol. The van der Waals surface area contributed by atoms with Crippen molar-refractivity contribution < 1.29 is 32.2 Å². The third-order valence-electron chi connectivity index (χ3n) is 2.87. The van der Waals surface area contributed by atoms with Crippen molar-refractivity contribution >= 4 is 11.8 Å². The van der Waals surface area contributed by atoms with Gasteiger partial charge in [-0.3, -0.25) is 4.79 Å². The van der Waals surface area contributed by atoms with Gasteiger partial charge < -0.3 is 14.8 Å². The molecule has 0 fully saturated rings. The summed E-state index contributed by atoms with van der Waals surface area (Å²) in [6.07, 6.45) is 1.05. The number of esters is 1. The van der Waals surface area contributed by atoms with E-state index >= 15 is 0 Å². The number of Topliss-reactive ketones (excluding diaryl/α,β-unsaturated/α-hetero) is 1. The Morgan fingerprint density at radius 1 is 1.25 bits per heavy atom. The van der Waals surface area contributed by atoms with Crippen LogP contribution in [0, 0.1) is 17.5 Å². The number of hydrogen-bond donors (Lipinski definition) is 1. The minimum atomic E-state index is -1.56. The highest BCUT2D eigenvalue weighted by Gasteiger charge is 2.29. The van der Waals surface area contributed by atoms with Crippen LogP contribution >= 0.6 is 0 Å². The maximum atomic E-state index is 14.2. The van der Waals surface area contributed by atoms with E-state index in [4.69, 9.17) is 4.74 Å². The first-order chi connectivity index (χ1) is 11.2. The predicted octanol–water partition coefficient (Wildman–Crippen LogP) is 2.74. The molecule has 0 unspecified atom stereocenters. The molecular formula is C16H18F3NO4. The minimum absolute atomic E-state index is 0.0191. The number of hydrogen-bond acceptors (Lipinski definition) is 5. The monoisotopic (exact) mass is 345 g/mol. The summed E-state index contributed by atoms with van der Waals surface area (Å²) < 4.78 is 50.4. The number of carbonyl (C=O) groups is 2. The van der Waals surface area contributed by atoms with Crippen LogP contribution in [0.5, 0.6) is 5.75 Å². The van der Waals surface area contributed by atoms with Gasteiger partial charge in [0.15, 0.2) is 17.4 Å². The Bertz CT molecular complexity index is 672. The number of methoxy groups -OCH3 is 1. The van der Waals surface area contributed by atoms with Crippen LogP contribution in [-0.2, 0) is 9.53 Å². The molecule has 0 atom stereocenters. The highest BCUT2D eigenvalue weighted by atomic mass is 19.2. The topological polar surface area (TPSA) is 64.6 Å². The second-order valence-corrected chi connectivity index (χ2v) is 5.00. The molecule has 132 valence electrons. The summed E-state index contributed by atoms with van der Waals surface area (Å²) in [6, 6.07) is 0.240. The fraction of sp³-hybridized carbons (Fsp3) is 0.375. The normalized spacial score (nSPS) is 11.4. The van der Waals surface area contributed by atoms with Crippen LogP contribution in [0.25, 0.3) is 0 Å². The van der Waals surface area contributed by atoms with E-state index in [9.17, 15) is 22.8 Å². The largest absolute Gasteiger partial charge is 0.491 e. The number of halogens is 3. The van der Waals surface area contributed by atoms with E-state index in [2.05, 4.69) is 10.1 Å². The van der Waals surface area contributed by atoms with Crippen molar-refractivity contribution in [3.63, 3.8) is 0 Å². The van der Waals surface area contributed by atoms with E-state index in [1.165, 1.54) is 6.92 Å². The highest BCUT2D eigenvalue weighted by molar-refractivity contribution is 6.24. The van der Waals surface area contributed by atoms with E-state index in [-0.39, 0.29) is 12.6 Å². The second kappa shape index (κ2) is 8.37. The zero-order chi connectivity index (χ0) is 18.4. The van der Waals surface area contributed by atoms with Crippen molar-refractivity contribution in [2.24, 2.45) is 0 Å². The van der Waals surface area contributed by atoms with Crippen LogP contribution in [0.3, 0.4) is 0 Å². The van der Waals surface area contributed by atoms with E-state index in [0.717, 1.165) is 13.3 Å². The van der Waals surface area contributed by atoms with Crippen LogP contribution in [0.2, 0.25) is 0 Å². The van der Waals surface area contributed by atoms with E-state index in [1.54, 1.807) is 13.8 Å². The summed E-state index contributed by atoms with van der Waals surface area (Å²) in [6.45, 7) is 4.99. The first-order valence-corrected chi connectivity index (χ1v) is 7.14. The van der Waals surface area contributed by atoms with Crippen molar-refractivity contribution in [3.8, 4) is 5.75 Å². The Labute approximate surface area is 137 Å². The van der Waals surface area contributed by atoms with Gasteiger partial charge in [0, 0.05) is 12.2 Å². The van der Waals surface area contributed by atoms with Gasteiger partial charge in [0.1, 0.15) is 5.57 Å². The van der Waals surface area contributed by atoms with Crippen molar-refractivity contribution in [2.75, 3.05) is 13.7 Å². The van der Waals surface area contributed by atoms with Gasteiger partial charge in [0.25, 0.3) is 0 Å². The third kappa shape index (κ3) is 4.27.